The third kappa shape index (κ3) is 4.64. The highest BCUT2D eigenvalue weighted by Crippen LogP contribution is 2.25. The zero-order chi connectivity index (χ0) is 22.8. The highest BCUT2D eigenvalue weighted by atomic mass is 127. The third-order valence-corrected chi connectivity index (χ3v) is 6.06. The van der Waals surface area contributed by atoms with E-state index in [9.17, 15) is 4.79 Å². The molecule has 7 nitrogen and oxygen atoms in total. The maximum Gasteiger partial charge on any atom is 0.256 e. The van der Waals surface area contributed by atoms with Gasteiger partial charge in [-0.1, -0.05) is 12.1 Å². The number of hydrogen-bond acceptors (Lipinski definition) is 5. The summed E-state index contributed by atoms with van der Waals surface area (Å²) in [4.78, 5) is 21.4. The molecule has 0 aliphatic carbocycles. The van der Waals surface area contributed by atoms with Crippen LogP contribution in [-0.4, -0.2) is 25.7 Å². The molecule has 4 rings (SSSR count). The van der Waals surface area contributed by atoms with Crippen molar-refractivity contribution in [2.24, 2.45) is 0 Å². The minimum absolute atomic E-state index is 0.153. The van der Waals surface area contributed by atoms with E-state index in [4.69, 9.17) is 4.74 Å². The van der Waals surface area contributed by atoms with Gasteiger partial charge in [0.15, 0.2) is 5.82 Å². The van der Waals surface area contributed by atoms with Crippen molar-refractivity contribution in [3.8, 4) is 17.4 Å². The zero-order valence-electron chi connectivity index (χ0n) is 18.2. The molecule has 8 heteroatoms. The molecule has 0 radical (unpaired) electrons. The average Bonchev–Trinajstić information content (AvgIpc) is 3.02. The summed E-state index contributed by atoms with van der Waals surface area (Å²) in [7, 11) is 0. The first-order valence-electron chi connectivity index (χ1n) is 10.0. The Morgan fingerprint density at radius 3 is 2.38 bits per heavy atom. The summed E-state index contributed by atoms with van der Waals surface area (Å²) in [5, 5.41) is 7.48. The lowest BCUT2D eigenvalue weighted by Gasteiger charge is -2.10. The number of benzene rings is 2. The first kappa shape index (κ1) is 21.9. The topological polar surface area (TPSA) is 81.9 Å². The van der Waals surface area contributed by atoms with Crippen molar-refractivity contribution in [3.63, 3.8) is 0 Å². The number of anilines is 1. The number of aryl methyl sites for hydroxylation is 2. The van der Waals surface area contributed by atoms with Crippen LogP contribution in [0.3, 0.4) is 0 Å². The quantitative estimate of drug-likeness (QED) is 0.337. The molecule has 4 aromatic rings. The van der Waals surface area contributed by atoms with E-state index in [0.717, 1.165) is 20.5 Å². The molecule has 2 aromatic carbocycles. The number of halogens is 1. The molecule has 0 saturated carbocycles. The Bertz CT molecular complexity index is 1300. The Balaban J connectivity index is 1.51. The molecule has 0 aliphatic rings. The summed E-state index contributed by atoms with van der Waals surface area (Å²) in [5.74, 6) is 2.12. The molecule has 0 saturated heterocycles. The molecule has 0 aliphatic heterocycles. The SMILES string of the molecule is Cc1nc(Oc2ccc(NC(=O)c3ccccc3I)cc2)cc(-n2nc(C)c(C)c2C)n1. The summed E-state index contributed by atoms with van der Waals surface area (Å²) >= 11 is 2.15. The molecule has 2 aromatic heterocycles. The molecule has 2 heterocycles. The van der Waals surface area contributed by atoms with E-state index in [1.54, 1.807) is 41.1 Å². The van der Waals surface area contributed by atoms with Crippen molar-refractivity contribution in [1.29, 1.82) is 0 Å². The summed E-state index contributed by atoms with van der Waals surface area (Å²) in [5.41, 5.74) is 4.44. The molecular weight excluding hydrogens is 517 g/mol. The van der Waals surface area contributed by atoms with Crippen LogP contribution >= 0.6 is 22.6 Å². The van der Waals surface area contributed by atoms with Crippen molar-refractivity contribution in [3.05, 3.63) is 86.5 Å². The lowest BCUT2D eigenvalue weighted by Crippen LogP contribution is -2.13. The van der Waals surface area contributed by atoms with Gasteiger partial charge in [-0.25, -0.2) is 9.67 Å². The summed E-state index contributed by atoms with van der Waals surface area (Å²) in [6, 6.07) is 16.4. The zero-order valence-corrected chi connectivity index (χ0v) is 20.3. The van der Waals surface area contributed by atoms with E-state index < -0.39 is 0 Å². The molecule has 0 bridgehead atoms. The normalized spacial score (nSPS) is 10.8. The largest absolute Gasteiger partial charge is 0.439 e. The molecule has 162 valence electrons. The van der Waals surface area contributed by atoms with Crippen LogP contribution in [0.2, 0.25) is 0 Å². The number of nitrogens with zero attached hydrogens (tertiary/aromatic N) is 4. The molecule has 0 fully saturated rings. The van der Waals surface area contributed by atoms with Gasteiger partial charge in [0.2, 0.25) is 5.88 Å². The lowest BCUT2D eigenvalue weighted by molar-refractivity contribution is 0.102. The van der Waals surface area contributed by atoms with Gasteiger partial charge < -0.3 is 10.1 Å². The molecule has 0 spiro atoms. The Morgan fingerprint density at radius 1 is 1.00 bits per heavy atom. The molecule has 0 atom stereocenters. The number of rotatable bonds is 5. The fourth-order valence-electron chi connectivity index (χ4n) is 3.20. The summed E-state index contributed by atoms with van der Waals surface area (Å²) in [6.45, 7) is 7.84. The maximum atomic E-state index is 12.5. The fourth-order valence-corrected chi connectivity index (χ4v) is 3.83. The molecule has 1 amide bonds. The van der Waals surface area contributed by atoms with E-state index in [0.29, 0.717) is 34.5 Å². The minimum Gasteiger partial charge on any atom is -0.439 e. The number of carbonyl (C=O) groups is 1. The van der Waals surface area contributed by atoms with E-state index in [2.05, 4.69) is 43.0 Å². The van der Waals surface area contributed by atoms with Gasteiger partial charge in [-0.2, -0.15) is 10.1 Å². The molecular formula is C24H22IN5O2. The van der Waals surface area contributed by atoms with Crippen molar-refractivity contribution < 1.29 is 9.53 Å². The molecule has 1 N–H and O–H groups in total. The smallest absolute Gasteiger partial charge is 0.256 e. The van der Waals surface area contributed by atoms with E-state index in [1.165, 1.54) is 0 Å². The Morgan fingerprint density at radius 2 is 1.72 bits per heavy atom. The van der Waals surface area contributed by atoms with Gasteiger partial charge >= 0.3 is 0 Å². The van der Waals surface area contributed by atoms with Gasteiger partial charge in [-0.15, -0.1) is 0 Å². The number of hydrogen-bond donors (Lipinski definition) is 1. The Hall–Kier alpha value is -3.27. The predicted molar refractivity (Wildman–Crippen MR) is 132 cm³/mol. The van der Waals surface area contributed by atoms with Gasteiger partial charge in [-0.05, 0) is 92.2 Å². The summed E-state index contributed by atoms with van der Waals surface area (Å²) < 4.78 is 8.66. The summed E-state index contributed by atoms with van der Waals surface area (Å²) in [6.07, 6.45) is 0. The number of ether oxygens (including phenoxy) is 1. The highest BCUT2D eigenvalue weighted by molar-refractivity contribution is 14.1. The van der Waals surface area contributed by atoms with Crippen LogP contribution in [0.5, 0.6) is 11.6 Å². The maximum absolute atomic E-state index is 12.5. The predicted octanol–water partition coefficient (Wildman–Crippen LogP) is 5.55. The first-order chi connectivity index (χ1) is 15.3. The molecule has 32 heavy (non-hydrogen) atoms. The van der Waals surface area contributed by atoms with Crippen LogP contribution in [0.15, 0.2) is 54.6 Å². The van der Waals surface area contributed by atoms with Gasteiger partial charge in [-0.3, -0.25) is 4.79 Å². The lowest BCUT2D eigenvalue weighted by atomic mass is 10.2. The second kappa shape index (κ2) is 9.07. The second-order valence-electron chi connectivity index (χ2n) is 7.38. The Kier molecular flexibility index (Phi) is 6.22. The fraction of sp³-hybridized carbons (Fsp3) is 0.167. The van der Waals surface area contributed by atoms with Crippen LogP contribution in [0, 0.1) is 31.3 Å². The number of aromatic nitrogens is 4. The van der Waals surface area contributed by atoms with Crippen molar-refractivity contribution in [1.82, 2.24) is 19.7 Å². The number of nitrogens with one attached hydrogen (secondary N) is 1. The second-order valence-corrected chi connectivity index (χ2v) is 8.54. The highest BCUT2D eigenvalue weighted by Gasteiger charge is 2.13. The van der Waals surface area contributed by atoms with E-state index >= 15 is 0 Å². The van der Waals surface area contributed by atoms with E-state index in [-0.39, 0.29) is 5.91 Å². The van der Waals surface area contributed by atoms with Crippen molar-refractivity contribution in [2.45, 2.75) is 27.7 Å². The van der Waals surface area contributed by atoms with Crippen molar-refractivity contribution >= 4 is 34.2 Å². The van der Waals surface area contributed by atoms with Crippen LogP contribution in [0.4, 0.5) is 5.69 Å². The van der Waals surface area contributed by atoms with E-state index in [1.807, 2.05) is 45.9 Å². The Labute approximate surface area is 200 Å². The molecule has 0 unspecified atom stereocenters. The average molecular weight is 539 g/mol. The number of carbonyl (C=O) groups excluding carboxylic acids is 1. The van der Waals surface area contributed by atoms with Crippen molar-refractivity contribution in [2.75, 3.05) is 5.32 Å². The van der Waals surface area contributed by atoms with Gasteiger partial charge in [0.25, 0.3) is 5.91 Å². The number of amides is 1. The van der Waals surface area contributed by atoms with Gasteiger partial charge in [0, 0.05) is 21.0 Å². The standard InChI is InChI=1S/C24H22IN5O2/c1-14-15(2)29-30(16(14)3)22-13-23(27-17(4)26-22)32-19-11-9-18(10-12-19)28-24(31)20-7-5-6-8-21(20)25/h5-13H,1-4H3,(H,28,31). The van der Waals surface area contributed by atoms with Crippen LogP contribution in [0.25, 0.3) is 5.82 Å². The monoisotopic (exact) mass is 539 g/mol. The third-order valence-electron chi connectivity index (χ3n) is 5.12. The van der Waals surface area contributed by atoms with Gasteiger partial charge in [0.05, 0.1) is 11.3 Å². The van der Waals surface area contributed by atoms with Gasteiger partial charge in [0.1, 0.15) is 11.6 Å². The first-order valence-corrected chi connectivity index (χ1v) is 11.1. The van der Waals surface area contributed by atoms with Crippen LogP contribution < -0.4 is 10.1 Å². The van der Waals surface area contributed by atoms with Crippen LogP contribution in [-0.2, 0) is 0 Å². The minimum atomic E-state index is -0.153. The van der Waals surface area contributed by atoms with Crippen LogP contribution in [0.1, 0.15) is 33.1 Å².